The molecule has 0 saturated carbocycles. The van der Waals surface area contributed by atoms with E-state index in [-0.39, 0.29) is 5.69 Å². The lowest BCUT2D eigenvalue weighted by Gasteiger charge is -2.15. The van der Waals surface area contributed by atoms with Gasteiger partial charge in [-0.3, -0.25) is 4.79 Å². The Morgan fingerprint density at radius 2 is 1.79 bits per heavy atom. The van der Waals surface area contributed by atoms with Crippen molar-refractivity contribution in [1.82, 2.24) is 9.78 Å². The van der Waals surface area contributed by atoms with Gasteiger partial charge in [-0.1, -0.05) is 29.8 Å². The van der Waals surface area contributed by atoms with E-state index in [0.29, 0.717) is 5.69 Å². The van der Waals surface area contributed by atoms with Crippen LogP contribution in [0.2, 0.25) is 5.15 Å². The molecule has 1 aromatic carbocycles. The fourth-order valence-corrected chi connectivity index (χ4v) is 1.91. The summed E-state index contributed by atoms with van der Waals surface area (Å²) in [5.41, 5.74) is -2.50. The molecule has 0 radical (unpaired) electrons. The van der Waals surface area contributed by atoms with Crippen LogP contribution >= 0.6 is 11.6 Å². The first kappa shape index (κ1) is 13.6. The Labute approximate surface area is 111 Å². The first-order valence-electron chi connectivity index (χ1n) is 5.24. The van der Waals surface area contributed by atoms with Gasteiger partial charge in [-0.2, -0.15) is 18.3 Å². The van der Waals surface area contributed by atoms with Crippen LogP contribution in [0.3, 0.4) is 0 Å². The monoisotopic (exact) mass is 288 g/mol. The average molecular weight is 289 g/mol. The van der Waals surface area contributed by atoms with E-state index in [1.807, 2.05) is 0 Å². The number of nitrogens with zero attached hydrogens (tertiary/aromatic N) is 2. The van der Waals surface area contributed by atoms with Gasteiger partial charge < -0.3 is 0 Å². The van der Waals surface area contributed by atoms with Gasteiger partial charge in [-0.25, -0.2) is 4.68 Å². The number of para-hydroxylation sites is 1. The summed E-state index contributed by atoms with van der Waals surface area (Å²) in [4.78, 5) is 11.5. The van der Waals surface area contributed by atoms with Gasteiger partial charge in [-0.05, 0) is 19.1 Å². The molecule has 0 fully saturated rings. The van der Waals surface area contributed by atoms with E-state index < -0.39 is 22.3 Å². The van der Waals surface area contributed by atoms with Gasteiger partial charge >= 0.3 is 6.18 Å². The fraction of sp³-hybridized carbons (Fsp3) is 0.167. The molecule has 0 saturated heterocycles. The highest BCUT2D eigenvalue weighted by Crippen LogP contribution is 2.30. The lowest BCUT2D eigenvalue weighted by molar-refractivity contribution is -0.139. The maximum absolute atomic E-state index is 12.9. The second-order valence-electron chi connectivity index (χ2n) is 3.83. The molecule has 2 rings (SSSR count). The van der Waals surface area contributed by atoms with Crippen LogP contribution in [0, 0.1) is 6.92 Å². The molecule has 0 N–H and O–H groups in total. The maximum atomic E-state index is 12.9. The van der Waals surface area contributed by atoms with Gasteiger partial charge in [0.15, 0.2) is 5.15 Å². The number of hydrogen-bond acceptors (Lipinski definition) is 2. The number of halogens is 4. The molecule has 0 aliphatic heterocycles. The summed E-state index contributed by atoms with van der Waals surface area (Å²) < 4.78 is 39.7. The van der Waals surface area contributed by atoms with Crippen LogP contribution < -0.4 is 5.43 Å². The zero-order chi connectivity index (χ0) is 14.2. The van der Waals surface area contributed by atoms with Crippen molar-refractivity contribution in [3.63, 3.8) is 0 Å². The summed E-state index contributed by atoms with van der Waals surface area (Å²) >= 11 is 5.50. The Balaban J connectivity index is 2.80. The second-order valence-corrected chi connectivity index (χ2v) is 4.18. The second kappa shape index (κ2) is 4.70. The summed E-state index contributed by atoms with van der Waals surface area (Å²) in [5.74, 6) is 0. The van der Waals surface area contributed by atoms with Crippen molar-refractivity contribution >= 4 is 11.6 Å². The molecule has 0 aliphatic rings. The summed E-state index contributed by atoms with van der Waals surface area (Å²) in [6, 6.07) is 8.15. The third-order valence-corrected chi connectivity index (χ3v) is 2.81. The third-order valence-electron chi connectivity index (χ3n) is 2.57. The van der Waals surface area contributed by atoms with E-state index in [9.17, 15) is 18.0 Å². The van der Waals surface area contributed by atoms with Crippen molar-refractivity contribution in [1.29, 1.82) is 0 Å². The van der Waals surface area contributed by atoms with Crippen molar-refractivity contribution in [3.8, 4) is 5.69 Å². The molecular weight excluding hydrogens is 281 g/mol. The molecule has 1 aromatic heterocycles. The number of benzene rings is 1. The first-order chi connectivity index (χ1) is 8.82. The minimum absolute atomic E-state index is 0.298. The van der Waals surface area contributed by atoms with Gasteiger partial charge in [0.05, 0.1) is 11.4 Å². The van der Waals surface area contributed by atoms with Crippen LogP contribution in [0.15, 0.2) is 35.1 Å². The molecule has 2 aromatic rings. The van der Waals surface area contributed by atoms with E-state index in [2.05, 4.69) is 5.10 Å². The molecule has 0 atom stereocenters. The molecule has 3 nitrogen and oxygen atoms in total. The van der Waals surface area contributed by atoms with Gasteiger partial charge in [0, 0.05) is 0 Å². The van der Waals surface area contributed by atoms with Crippen LogP contribution in [0.25, 0.3) is 5.69 Å². The SMILES string of the molecule is Cc1c(C(F)(F)F)c(=O)c(Cl)nn1-c1ccccc1. The standard InChI is InChI=1S/C12H8ClF3N2O/c1-7-9(12(14,15)16)10(19)11(13)17-18(7)8-5-3-2-4-6-8/h2-6H,1H3. The van der Waals surface area contributed by atoms with Crippen LogP contribution in [0.5, 0.6) is 0 Å². The van der Waals surface area contributed by atoms with Crippen molar-refractivity contribution in [2.75, 3.05) is 0 Å². The summed E-state index contributed by atoms with van der Waals surface area (Å²) in [5, 5.41) is 2.98. The number of rotatable bonds is 1. The number of aromatic nitrogens is 2. The molecule has 1 heterocycles. The summed E-state index contributed by atoms with van der Waals surface area (Å²) in [7, 11) is 0. The van der Waals surface area contributed by atoms with Crippen molar-refractivity contribution < 1.29 is 13.2 Å². The number of alkyl halides is 3. The fourth-order valence-electron chi connectivity index (χ4n) is 1.74. The van der Waals surface area contributed by atoms with Crippen LogP contribution in [-0.4, -0.2) is 9.78 Å². The van der Waals surface area contributed by atoms with Crippen LogP contribution in [-0.2, 0) is 6.18 Å². The van der Waals surface area contributed by atoms with Gasteiger partial charge in [-0.15, -0.1) is 0 Å². The third kappa shape index (κ3) is 2.49. The highest BCUT2D eigenvalue weighted by Gasteiger charge is 2.38. The zero-order valence-corrected chi connectivity index (χ0v) is 10.5. The van der Waals surface area contributed by atoms with E-state index in [4.69, 9.17) is 11.6 Å². The van der Waals surface area contributed by atoms with E-state index in [1.165, 1.54) is 6.92 Å². The molecule has 19 heavy (non-hydrogen) atoms. The Bertz CT molecular complexity index is 665. The Hall–Kier alpha value is -1.82. The van der Waals surface area contributed by atoms with E-state index in [0.717, 1.165) is 4.68 Å². The predicted octanol–water partition coefficient (Wildman–Crippen LogP) is 3.21. The topological polar surface area (TPSA) is 34.9 Å². The Morgan fingerprint density at radius 1 is 1.21 bits per heavy atom. The van der Waals surface area contributed by atoms with Gasteiger partial charge in [0.2, 0.25) is 5.43 Å². The van der Waals surface area contributed by atoms with Crippen LogP contribution in [0.4, 0.5) is 13.2 Å². The summed E-state index contributed by atoms with van der Waals surface area (Å²) in [6.45, 7) is 1.18. The lowest BCUT2D eigenvalue weighted by atomic mass is 10.2. The van der Waals surface area contributed by atoms with Gasteiger partial charge in [0.25, 0.3) is 0 Å². The predicted molar refractivity (Wildman–Crippen MR) is 64.6 cm³/mol. The largest absolute Gasteiger partial charge is 0.422 e. The Kier molecular flexibility index (Phi) is 3.36. The molecule has 0 spiro atoms. The highest BCUT2D eigenvalue weighted by molar-refractivity contribution is 6.29. The van der Waals surface area contributed by atoms with Crippen molar-refractivity contribution in [2.45, 2.75) is 13.1 Å². The van der Waals surface area contributed by atoms with Crippen molar-refractivity contribution in [3.05, 3.63) is 57.0 Å². The Morgan fingerprint density at radius 3 is 2.32 bits per heavy atom. The lowest BCUT2D eigenvalue weighted by Crippen LogP contribution is -2.27. The van der Waals surface area contributed by atoms with Crippen LogP contribution in [0.1, 0.15) is 11.3 Å². The maximum Gasteiger partial charge on any atom is 0.422 e. The molecule has 100 valence electrons. The highest BCUT2D eigenvalue weighted by atomic mass is 35.5. The van der Waals surface area contributed by atoms with E-state index in [1.54, 1.807) is 30.3 Å². The average Bonchev–Trinajstić information content (AvgIpc) is 2.33. The zero-order valence-electron chi connectivity index (χ0n) is 9.70. The smallest absolute Gasteiger partial charge is 0.286 e. The minimum Gasteiger partial charge on any atom is -0.286 e. The number of hydrogen-bond donors (Lipinski definition) is 0. The first-order valence-corrected chi connectivity index (χ1v) is 5.62. The van der Waals surface area contributed by atoms with Crippen molar-refractivity contribution in [2.24, 2.45) is 0 Å². The molecule has 0 unspecified atom stereocenters. The minimum atomic E-state index is -4.77. The van der Waals surface area contributed by atoms with Gasteiger partial charge in [0.1, 0.15) is 5.56 Å². The summed E-state index contributed by atoms with van der Waals surface area (Å²) in [6.07, 6.45) is -4.77. The van der Waals surface area contributed by atoms with E-state index >= 15 is 0 Å². The molecular formula is C12H8ClF3N2O. The molecule has 0 amide bonds. The molecule has 0 aliphatic carbocycles. The quantitative estimate of drug-likeness (QED) is 0.807. The molecule has 0 bridgehead atoms. The normalized spacial score (nSPS) is 11.6. The molecule has 7 heteroatoms.